The molecule has 0 atom stereocenters. The van der Waals surface area contributed by atoms with Crippen LogP contribution in [-0.4, -0.2) is 29.5 Å². The minimum Gasteiger partial charge on any atom is -0.325 e. The fraction of sp³-hybridized carbons (Fsp3) is 0.211. The van der Waals surface area contributed by atoms with E-state index in [1.165, 1.54) is 17.3 Å². The van der Waals surface area contributed by atoms with Crippen molar-refractivity contribution in [3.63, 3.8) is 0 Å². The zero-order valence-electron chi connectivity index (χ0n) is 14.3. The van der Waals surface area contributed by atoms with E-state index in [4.69, 9.17) is 0 Å². The summed E-state index contributed by atoms with van der Waals surface area (Å²) in [4.78, 5) is 23.5. The Kier molecular flexibility index (Phi) is 7.22. The number of nitrogens with one attached hydrogen (secondary N) is 2. The van der Waals surface area contributed by atoms with E-state index in [1.54, 1.807) is 6.21 Å². The zero-order chi connectivity index (χ0) is 18.1. The topological polar surface area (TPSA) is 70.6 Å². The largest absolute Gasteiger partial charge is 0.325 e. The highest BCUT2D eigenvalue weighted by Crippen LogP contribution is 2.09. The summed E-state index contributed by atoms with van der Waals surface area (Å²) in [5.41, 5.74) is 6.42. The second kappa shape index (κ2) is 9.64. The Morgan fingerprint density at radius 3 is 2.12 bits per heavy atom. The van der Waals surface area contributed by atoms with E-state index in [-0.39, 0.29) is 23.3 Å². The van der Waals surface area contributed by atoms with Gasteiger partial charge < -0.3 is 5.32 Å². The molecule has 0 heterocycles. The number of amides is 2. The predicted molar refractivity (Wildman–Crippen MR) is 104 cm³/mol. The first-order valence-corrected chi connectivity index (χ1v) is 9.01. The first-order valence-electron chi connectivity index (χ1n) is 7.86. The number of carbonyl (C=O) groups is 2. The summed E-state index contributed by atoms with van der Waals surface area (Å²) in [5.74, 6) is 0.0107. The van der Waals surface area contributed by atoms with Gasteiger partial charge in [-0.05, 0) is 31.5 Å². The third kappa shape index (κ3) is 7.22. The molecule has 0 saturated carbocycles. The quantitative estimate of drug-likeness (QED) is 0.592. The summed E-state index contributed by atoms with van der Waals surface area (Å²) in [5, 5.41) is 6.70. The number of rotatable bonds is 7. The zero-order valence-corrected chi connectivity index (χ0v) is 15.1. The number of hydrazone groups is 1. The highest BCUT2D eigenvalue weighted by Gasteiger charge is 2.05. The van der Waals surface area contributed by atoms with Crippen LogP contribution in [0.4, 0.5) is 5.69 Å². The Hall–Kier alpha value is -2.60. The maximum atomic E-state index is 11.8. The lowest BCUT2D eigenvalue weighted by atomic mass is 10.2. The summed E-state index contributed by atoms with van der Waals surface area (Å²) < 4.78 is 0. The van der Waals surface area contributed by atoms with E-state index >= 15 is 0 Å². The number of anilines is 1. The van der Waals surface area contributed by atoms with Gasteiger partial charge in [-0.25, -0.2) is 5.43 Å². The number of benzene rings is 2. The van der Waals surface area contributed by atoms with Gasteiger partial charge >= 0.3 is 0 Å². The summed E-state index contributed by atoms with van der Waals surface area (Å²) in [7, 11) is 0. The molecule has 0 aromatic heterocycles. The van der Waals surface area contributed by atoms with Gasteiger partial charge in [0.05, 0.1) is 17.7 Å². The van der Waals surface area contributed by atoms with Crippen LogP contribution in [0.1, 0.15) is 16.7 Å². The monoisotopic (exact) mass is 355 g/mol. The van der Waals surface area contributed by atoms with Crippen molar-refractivity contribution in [2.75, 3.05) is 16.8 Å². The van der Waals surface area contributed by atoms with Crippen molar-refractivity contribution < 1.29 is 9.59 Å². The predicted octanol–water partition coefficient (Wildman–Crippen LogP) is 3.13. The van der Waals surface area contributed by atoms with E-state index in [2.05, 4.69) is 15.8 Å². The fourth-order valence-electron chi connectivity index (χ4n) is 1.93. The standard InChI is InChI=1S/C19H21N3O2S/c1-14-3-7-16(8-4-14)11-20-22-19(24)13-25-12-18(23)21-17-9-5-15(2)6-10-17/h3-11H,12-13H2,1-2H3,(H,21,23)(H,22,24). The van der Waals surface area contributed by atoms with E-state index < -0.39 is 0 Å². The lowest BCUT2D eigenvalue weighted by Gasteiger charge is -2.05. The van der Waals surface area contributed by atoms with E-state index in [9.17, 15) is 9.59 Å². The number of aryl methyl sites for hydroxylation is 2. The Morgan fingerprint density at radius 1 is 0.920 bits per heavy atom. The average Bonchev–Trinajstić information content (AvgIpc) is 2.59. The molecule has 25 heavy (non-hydrogen) atoms. The molecule has 0 fully saturated rings. The Balaban J connectivity index is 1.65. The van der Waals surface area contributed by atoms with Crippen LogP contribution in [0, 0.1) is 13.8 Å². The van der Waals surface area contributed by atoms with Gasteiger partial charge in [0, 0.05) is 5.69 Å². The molecular weight excluding hydrogens is 334 g/mol. The number of carbonyl (C=O) groups excluding carboxylic acids is 2. The van der Waals surface area contributed by atoms with Crippen LogP contribution in [0.25, 0.3) is 0 Å². The second-order valence-corrected chi connectivity index (χ2v) is 6.60. The number of hydrogen-bond acceptors (Lipinski definition) is 4. The molecule has 0 bridgehead atoms. The highest BCUT2D eigenvalue weighted by atomic mass is 32.2. The van der Waals surface area contributed by atoms with Crippen LogP contribution in [0.3, 0.4) is 0 Å². The molecule has 0 aliphatic rings. The van der Waals surface area contributed by atoms with Crippen molar-refractivity contribution in [3.05, 3.63) is 65.2 Å². The van der Waals surface area contributed by atoms with Crippen molar-refractivity contribution in [2.24, 2.45) is 5.10 Å². The van der Waals surface area contributed by atoms with Crippen molar-refractivity contribution in [1.82, 2.24) is 5.43 Å². The molecule has 2 N–H and O–H groups in total. The van der Waals surface area contributed by atoms with Gasteiger partial charge in [-0.1, -0.05) is 47.5 Å². The molecule has 6 heteroatoms. The van der Waals surface area contributed by atoms with Crippen LogP contribution in [-0.2, 0) is 9.59 Å². The summed E-state index contributed by atoms with van der Waals surface area (Å²) >= 11 is 1.24. The van der Waals surface area contributed by atoms with Crippen LogP contribution < -0.4 is 10.7 Å². The minimum absolute atomic E-state index is 0.134. The molecule has 2 rings (SSSR count). The molecule has 130 valence electrons. The van der Waals surface area contributed by atoms with Crippen molar-refractivity contribution >= 4 is 35.5 Å². The molecule has 0 aliphatic carbocycles. The third-order valence-corrected chi connectivity index (χ3v) is 4.21. The van der Waals surface area contributed by atoms with Gasteiger partial charge in [-0.2, -0.15) is 5.10 Å². The van der Waals surface area contributed by atoms with E-state index in [1.807, 2.05) is 62.4 Å². The lowest BCUT2D eigenvalue weighted by Crippen LogP contribution is -2.21. The van der Waals surface area contributed by atoms with Gasteiger partial charge in [0.1, 0.15) is 0 Å². The maximum absolute atomic E-state index is 11.8. The molecule has 0 aliphatic heterocycles. The van der Waals surface area contributed by atoms with Gasteiger partial charge in [-0.15, -0.1) is 11.8 Å². The summed E-state index contributed by atoms with van der Waals surface area (Å²) in [6.45, 7) is 4.00. The molecular formula is C19H21N3O2S. The summed E-state index contributed by atoms with van der Waals surface area (Å²) in [6, 6.07) is 15.4. The van der Waals surface area contributed by atoms with Crippen LogP contribution in [0.5, 0.6) is 0 Å². The number of thioether (sulfide) groups is 1. The van der Waals surface area contributed by atoms with Crippen LogP contribution in [0.15, 0.2) is 53.6 Å². The first kappa shape index (κ1) is 18.7. The Labute approximate surface area is 151 Å². The fourth-order valence-corrected chi connectivity index (χ4v) is 2.54. The SMILES string of the molecule is Cc1ccc(C=NNC(=O)CSCC(=O)Nc2ccc(C)cc2)cc1. The normalized spacial score (nSPS) is 10.6. The van der Waals surface area contributed by atoms with Crippen molar-refractivity contribution in [2.45, 2.75) is 13.8 Å². The number of hydrogen-bond donors (Lipinski definition) is 2. The highest BCUT2D eigenvalue weighted by molar-refractivity contribution is 8.00. The Bertz CT molecular complexity index is 740. The van der Waals surface area contributed by atoms with Crippen molar-refractivity contribution in [1.29, 1.82) is 0 Å². The maximum Gasteiger partial charge on any atom is 0.250 e. The second-order valence-electron chi connectivity index (χ2n) is 5.61. The van der Waals surface area contributed by atoms with E-state index in [0.717, 1.165) is 16.8 Å². The van der Waals surface area contributed by atoms with Gasteiger partial charge in [0.2, 0.25) is 11.8 Å². The molecule has 2 aromatic carbocycles. The minimum atomic E-state index is -0.239. The van der Waals surface area contributed by atoms with Gasteiger partial charge in [0.15, 0.2) is 0 Å². The molecule has 5 nitrogen and oxygen atoms in total. The van der Waals surface area contributed by atoms with Crippen molar-refractivity contribution in [3.8, 4) is 0 Å². The Morgan fingerprint density at radius 2 is 1.48 bits per heavy atom. The average molecular weight is 355 g/mol. The molecule has 0 spiro atoms. The third-order valence-electron chi connectivity index (χ3n) is 3.28. The smallest absolute Gasteiger partial charge is 0.250 e. The summed E-state index contributed by atoms with van der Waals surface area (Å²) in [6.07, 6.45) is 1.59. The van der Waals surface area contributed by atoms with Crippen LogP contribution in [0.2, 0.25) is 0 Å². The van der Waals surface area contributed by atoms with Gasteiger partial charge in [0.25, 0.3) is 0 Å². The molecule has 2 aromatic rings. The van der Waals surface area contributed by atoms with Gasteiger partial charge in [-0.3, -0.25) is 9.59 Å². The molecule has 0 unspecified atom stereocenters. The molecule has 2 amide bonds. The molecule has 0 saturated heterocycles. The lowest BCUT2D eigenvalue weighted by molar-refractivity contribution is -0.118. The van der Waals surface area contributed by atoms with E-state index in [0.29, 0.717) is 0 Å². The van der Waals surface area contributed by atoms with Crippen LogP contribution >= 0.6 is 11.8 Å². The first-order chi connectivity index (χ1) is 12.0. The number of nitrogens with zero attached hydrogens (tertiary/aromatic N) is 1. The molecule has 0 radical (unpaired) electrons.